The Labute approximate surface area is 186 Å². The smallest absolute Gasteiger partial charge is 0.337 e. The number of methoxy groups -OCH3 is 2. The molecule has 0 amide bonds. The zero-order valence-corrected chi connectivity index (χ0v) is 19.1. The summed E-state index contributed by atoms with van der Waals surface area (Å²) in [5.41, 5.74) is 4.41. The van der Waals surface area contributed by atoms with Crippen LogP contribution in [0.1, 0.15) is 46.7 Å². The SMILES string of the molecule is COC(=O)c1cccc(C=C2CCC(CN(C)C)C(c3cccc(OC)c3)C2)c1.Cl. The second-order valence-corrected chi connectivity index (χ2v) is 8.07. The van der Waals surface area contributed by atoms with E-state index in [4.69, 9.17) is 9.47 Å². The summed E-state index contributed by atoms with van der Waals surface area (Å²) in [5, 5.41) is 0. The van der Waals surface area contributed by atoms with Gasteiger partial charge in [-0.2, -0.15) is 0 Å². The van der Waals surface area contributed by atoms with Crippen LogP contribution in [0.25, 0.3) is 6.08 Å². The third-order valence-electron chi connectivity index (χ3n) is 5.69. The van der Waals surface area contributed by atoms with Crippen LogP contribution >= 0.6 is 12.4 Å². The van der Waals surface area contributed by atoms with Crippen molar-refractivity contribution in [3.05, 3.63) is 70.8 Å². The largest absolute Gasteiger partial charge is 0.497 e. The highest BCUT2D eigenvalue weighted by molar-refractivity contribution is 5.90. The number of esters is 1. The fourth-order valence-electron chi connectivity index (χ4n) is 4.31. The number of allylic oxidation sites excluding steroid dienone is 1. The van der Waals surface area contributed by atoms with Gasteiger partial charge >= 0.3 is 5.97 Å². The molecule has 3 rings (SSSR count). The lowest BCUT2D eigenvalue weighted by Crippen LogP contribution is -2.29. The number of hydrogen-bond donors (Lipinski definition) is 0. The van der Waals surface area contributed by atoms with Gasteiger partial charge in [0.25, 0.3) is 0 Å². The number of rotatable bonds is 6. The molecule has 30 heavy (non-hydrogen) atoms. The molecule has 2 aromatic carbocycles. The quantitative estimate of drug-likeness (QED) is 0.573. The van der Waals surface area contributed by atoms with E-state index >= 15 is 0 Å². The van der Waals surface area contributed by atoms with Crippen LogP contribution < -0.4 is 4.74 Å². The molecule has 1 saturated carbocycles. The summed E-state index contributed by atoms with van der Waals surface area (Å²) >= 11 is 0. The van der Waals surface area contributed by atoms with E-state index in [-0.39, 0.29) is 18.4 Å². The van der Waals surface area contributed by atoms with Crippen LogP contribution in [0.3, 0.4) is 0 Å². The van der Waals surface area contributed by atoms with E-state index in [1.165, 1.54) is 18.2 Å². The number of ether oxygens (including phenoxy) is 2. The Kier molecular flexibility index (Phi) is 8.94. The second kappa shape index (κ2) is 11.2. The van der Waals surface area contributed by atoms with Crippen LogP contribution in [-0.4, -0.2) is 45.7 Å². The number of carbonyl (C=O) groups excluding carboxylic acids is 1. The molecule has 0 radical (unpaired) electrons. The number of hydrogen-bond acceptors (Lipinski definition) is 4. The highest BCUT2D eigenvalue weighted by atomic mass is 35.5. The van der Waals surface area contributed by atoms with Gasteiger partial charge in [0.2, 0.25) is 0 Å². The van der Waals surface area contributed by atoms with Gasteiger partial charge in [0.05, 0.1) is 19.8 Å². The normalized spacial score (nSPS) is 20.0. The molecule has 1 aliphatic rings. The maximum absolute atomic E-state index is 11.8. The van der Waals surface area contributed by atoms with Crippen LogP contribution in [0.2, 0.25) is 0 Å². The van der Waals surface area contributed by atoms with E-state index in [1.807, 2.05) is 24.3 Å². The first kappa shape index (κ1) is 24.0. The van der Waals surface area contributed by atoms with E-state index < -0.39 is 0 Å². The predicted octanol–water partition coefficient (Wildman–Crippen LogP) is 5.43. The Morgan fingerprint density at radius 3 is 2.60 bits per heavy atom. The molecule has 2 unspecified atom stereocenters. The molecule has 0 heterocycles. The van der Waals surface area contributed by atoms with Crippen molar-refractivity contribution in [3.8, 4) is 5.75 Å². The second-order valence-electron chi connectivity index (χ2n) is 8.07. The number of halogens is 1. The third kappa shape index (κ3) is 6.10. The Morgan fingerprint density at radius 1 is 1.13 bits per heavy atom. The Balaban J connectivity index is 0.00000320. The minimum atomic E-state index is -0.297. The third-order valence-corrected chi connectivity index (χ3v) is 5.69. The van der Waals surface area contributed by atoms with Crippen molar-refractivity contribution in [2.75, 3.05) is 34.9 Å². The highest BCUT2D eigenvalue weighted by Crippen LogP contribution is 2.42. The Hall–Kier alpha value is -2.30. The van der Waals surface area contributed by atoms with Crippen molar-refractivity contribution in [2.24, 2.45) is 5.92 Å². The number of carbonyl (C=O) groups is 1. The molecule has 0 saturated heterocycles. The minimum absolute atomic E-state index is 0. The van der Waals surface area contributed by atoms with Crippen molar-refractivity contribution in [1.82, 2.24) is 4.90 Å². The van der Waals surface area contributed by atoms with E-state index in [9.17, 15) is 4.79 Å². The lowest BCUT2D eigenvalue weighted by atomic mass is 9.73. The first-order valence-corrected chi connectivity index (χ1v) is 10.2. The monoisotopic (exact) mass is 429 g/mol. The first-order chi connectivity index (χ1) is 14.0. The topological polar surface area (TPSA) is 38.8 Å². The van der Waals surface area contributed by atoms with Gasteiger partial charge in [-0.15, -0.1) is 12.4 Å². The van der Waals surface area contributed by atoms with Gasteiger partial charge in [-0.3, -0.25) is 0 Å². The molecule has 0 aromatic heterocycles. The fraction of sp³-hybridized carbons (Fsp3) is 0.400. The molecule has 0 aliphatic heterocycles. The molecule has 0 spiro atoms. The lowest BCUT2D eigenvalue weighted by Gasteiger charge is -2.35. The molecule has 4 nitrogen and oxygen atoms in total. The van der Waals surface area contributed by atoms with Crippen molar-refractivity contribution in [3.63, 3.8) is 0 Å². The molecule has 2 atom stereocenters. The van der Waals surface area contributed by atoms with Gasteiger partial charge in [-0.05, 0) is 80.6 Å². The standard InChI is InChI=1S/C25H31NO3.ClH/c1-26(2)17-22-12-11-19(13-18-7-5-9-21(14-18)25(27)29-4)15-24(22)20-8-6-10-23(16-20)28-3;/h5-10,13-14,16,22,24H,11-12,15,17H2,1-4H3;1H. The average molecular weight is 430 g/mol. The molecular weight excluding hydrogens is 398 g/mol. The van der Waals surface area contributed by atoms with Crippen LogP contribution in [0.5, 0.6) is 5.75 Å². The Bertz CT molecular complexity index is 878. The zero-order chi connectivity index (χ0) is 20.8. The van der Waals surface area contributed by atoms with Crippen molar-refractivity contribution in [2.45, 2.75) is 25.2 Å². The van der Waals surface area contributed by atoms with Crippen LogP contribution in [-0.2, 0) is 4.74 Å². The molecule has 0 bridgehead atoms. The average Bonchev–Trinajstić information content (AvgIpc) is 2.74. The van der Waals surface area contributed by atoms with Crippen LogP contribution in [0.4, 0.5) is 0 Å². The summed E-state index contributed by atoms with van der Waals surface area (Å²) in [6.07, 6.45) is 5.50. The molecule has 0 N–H and O–H groups in total. The van der Waals surface area contributed by atoms with Gasteiger partial charge in [0, 0.05) is 6.54 Å². The minimum Gasteiger partial charge on any atom is -0.497 e. The molecule has 1 aliphatic carbocycles. The predicted molar refractivity (Wildman–Crippen MR) is 125 cm³/mol. The maximum Gasteiger partial charge on any atom is 0.337 e. The summed E-state index contributed by atoms with van der Waals surface area (Å²) in [7, 11) is 7.42. The summed E-state index contributed by atoms with van der Waals surface area (Å²) < 4.78 is 10.3. The molecular formula is C25H32ClNO3. The van der Waals surface area contributed by atoms with Gasteiger partial charge < -0.3 is 14.4 Å². The molecule has 2 aromatic rings. The van der Waals surface area contributed by atoms with E-state index in [2.05, 4.69) is 43.3 Å². The molecule has 1 fully saturated rings. The van der Waals surface area contributed by atoms with Gasteiger partial charge in [0.15, 0.2) is 0 Å². The van der Waals surface area contributed by atoms with Crippen molar-refractivity contribution < 1.29 is 14.3 Å². The van der Waals surface area contributed by atoms with E-state index in [0.29, 0.717) is 17.4 Å². The Morgan fingerprint density at radius 2 is 1.90 bits per heavy atom. The fourth-order valence-corrected chi connectivity index (χ4v) is 4.31. The maximum atomic E-state index is 11.8. The van der Waals surface area contributed by atoms with E-state index in [0.717, 1.165) is 37.1 Å². The summed E-state index contributed by atoms with van der Waals surface area (Å²) in [6.45, 7) is 1.08. The van der Waals surface area contributed by atoms with Crippen molar-refractivity contribution in [1.29, 1.82) is 0 Å². The van der Waals surface area contributed by atoms with Crippen molar-refractivity contribution >= 4 is 24.5 Å². The first-order valence-electron chi connectivity index (χ1n) is 10.2. The van der Waals surface area contributed by atoms with Crippen LogP contribution in [0, 0.1) is 5.92 Å². The summed E-state index contributed by atoms with van der Waals surface area (Å²) in [4.78, 5) is 14.1. The van der Waals surface area contributed by atoms with Gasteiger partial charge in [-0.1, -0.05) is 35.9 Å². The van der Waals surface area contributed by atoms with E-state index in [1.54, 1.807) is 13.2 Å². The van der Waals surface area contributed by atoms with Crippen LogP contribution in [0.15, 0.2) is 54.1 Å². The van der Waals surface area contributed by atoms with Gasteiger partial charge in [0.1, 0.15) is 5.75 Å². The highest BCUT2D eigenvalue weighted by Gasteiger charge is 2.29. The number of benzene rings is 2. The summed E-state index contributed by atoms with van der Waals surface area (Å²) in [6, 6.07) is 16.1. The molecule has 5 heteroatoms. The molecule has 162 valence electrons. The number of nitrogens with zero attached hydrogens (tertiary/aromatic N) is 1. The van der Waals surface area contributed by atoms with Gasteiger partial charge in [-0.25, -0.2) is 4.79 Å². The lowest BCUT2D eigenvalue weighted by molar-refractivity contribution is 0.0600. The zero-order valence-electron chi connectivity index (χ0n) is 18.3. The summed E-state index contributed by atoms with van der Waals surface area (Å²) in [5.74, 6) is 1.68.